The van der Waals surface area contributed by atoms with E-state index in [9.17, 15) is 9.65 Å². The molecule has 0 unspecified atom stereocenters. The second-order valence-corrected chi connectivity index (χ2v) is 5.60. The molecule has 7 heteroatoms. The van der Waals surface area contributed by atoms with Gasteiger partial charge in [-0.2, -0.15) is 5.26 Å². The molecule has 0 aliphatic carbocycles. The smallest absolute Gasteiger partial charge is 0.175 e. The van der Waals surface area contributed by atoms with Crippen molar-refractivity contribution in [2.45, 2.75) is 0 Å². The molecule has 4 nitrogen and oxygen atoms in total. The van der Waals surface area contributed by atoms with Gasteiger partial charge in [-0.15, -0.1) is 0 Å². The number of nitriles is 1. The molecule has 2 N–H and O–H groups in total. The molecule has 0 atom stereocenters. The SMILES string of the molecule is N#Cc1cc2[nH]cnc2c(F)c1Nc1ccc(Br)cc1Cl. The average Bonchev–Trinajstić information content (AvgIpc) is 2.92. The number of benzene rings is 2. The topological polar surface area (TPSA) is 64.5 Å². The number of aromatic amines is 1. The number of hydrogen-bond donors (Lipinski definition) is 2. The lowest BCUT2D eigenvalue weighted by molar-refractivity contribution is 0.641. The van der Waals surface area contributed by atoms with Gasteiger partial charge in [-0.1, -0.05) is 27.5 Å². The fourth-order valence-corrected chi connectivity index (χ4v) is 2.70. The number of H-pyrrole nitrogens is 1. The Labute approximate surface area is 132 Å². The Kier molecular flexibility index (Phi) is 3.53. The van der Waals surface area contributed by atoms with Crippen LogP contribution in [0.15, 0.2) is 35.1 Å². The van der Waals surface area contributed by atoms with Crippen molar-refractivity contribution < 1.29 is 4.39 Å². The summed E-state index contributed by atoms with van der Waals surface area (Å²) in [6, 6.07) is 8.66. The van der Waals surface area contributed by atoms with E-state index in [0.29, 0.717) is 16.2 Å². The van der Waals surface area contributed by atoms with Gasteiger partial charge in [-0.25, -0.2) is 9.37 Å². The van der Waals surface area contributed by atoms with Gasteiger partial charge in [-0.05, 0) is 24.3 Å². The molecular weight excluding hydrogens is 359 g/mol. The number of aromatic nitrogens is 2. The first-order valence-corrected chi connectivity index (χ1v) is 7.05. The lowest BCUT2D eigenvalue weighted by atomic mass is 10.1. The summed E-state index contributed by atoms with van der Waals surface area (Å²) < 4.78 is 15.3. The molecule has 3 rings (SSSR count). The first-order valence-electron chi connectivity index (χ1n) is 5.88. The van der Waals surface area contributed by atoms with Crippen molar-refractivity contribution in [2.75, 3.05) is 5.32 Å². The molecule has 2 aromatic carbocycles. The molecule has 0 saturated heterocycles. The van der Waals surface area contributed by atoms with E-state index in [1.54, 1.807) is 24.3 Å². The van der Waals surface area contributed by atoms with E-state index in [2.05, 4.69) is 31.2 Å². The zero-order valence-electron chi connectivity index (χ0n) is 10.4. The van der Waals surface area contributed by atoms with Crippen LogP contribution >= 0.6 is 27.5 Å². The van der Waals surface area contributed by atoms with Crippen LogP contribution in [0.25, 0.3) is 11.0 Å². The fourth-order valence-electron chi connectivity index (χ4n) is 1.98. The van der Waals surface area contributed by atoms with Gasteiger partial charge < -0.3 is 10.3 Å². The lowest BCUT2D eigenvalue weighted by Crippen LogP contribution is -1.99. The minimum atomic E-state index is -0.593. The maximum Gasteiger partial charge on any atom is 0.175 e. The van der Waals surface area contributed by atoms with Crippen LogP contribution in [0.5, 0.6) is 0 Å². The standard InChI is InChI=1S/C14H7BrClFN4/c15-8-1-2-10(9(16)4-8)21-13-7(5-18)3-11-14(12(13)17)20-6-19-11/h1-4,6,21H,(H,19,20). The van der Waals surface area contributed by atoms with Gasteiger partial charge in [0.1, 0.15) is 11.6 Å². The highest BCUT2D eigenvalue weighted by Gasteiger charge is 2.16. The van der Waals surface area contributed by atoms with Crippen LogP contribution in [0.2, 0.25) is 5.02 Å². The predicted octanol–water partition coefficient (Wildman–Crippen LogP) is 4.73. The third-order valence-corrected chi connectivity index (χ3v) is 3.77. The van der Waals surface area contributed by atoms with E-state index >= 15 is 0 Å². The highest BCUT2D eigenvalue weighted by molar-refractivity contribution is 9.10. The molecule has 0 aliphatic heterocycles. The number of halogens is 3. The second-order valence-electron chi connectivity index (χ2n) is 4.27. The number of hydrogen-bond acceptors (Lipinski definition) is 3. The third kappa shape index (κ3) is 2.46. The van der Waals surface area contributed by atoms with Gasteiger partial charge in [0, 0.05) is 4.47 Å². The van der Waals surface area contributed by atoms with Gasteiger partial charge in [0.05, 0.1) is 33.8 Å². The number of nitrogens with zero attached hydrogens (tertiary/aromatic N) is 2. The van der Waals surface area contributed by atoms with Gasteiger partial charge in [0.15, 0.2) is 5.82 Å². The van der Waals surface area contributed by atoms with Crippen molar-refractivity contribution in [1.29, 1.82) is 5.26 Å². The molecule has 1 aromatic heterocycles. The second kappa shape index (κ2) is 5.35. The Hall–Kier alpha value is -2.10. The van der Waals surface area contributed by atoms with Crippen LogP contribution in [0.4, 0.5) is 15.8 Å². The monoisotopic (exact) mass is 364 g/mol. The lowest BCUT2D eigenvalue weighted by Gasteiger charge is -2.11. The minimum absolute atomic E-state index is 0.0568. The quantitative estimate of drug-likeness (QED) is 0.690. The van der Waals surface area contributed by atoms with Crippen molar-refractivity contribution in [3.63, 3.8) is 0 Å². The Bertz CT molecular complexity index is 885. The van der Waals surface area contributed by atoms with Crippen LogP contribution < -0.4 is 5.32 Å². The van der Waals surface area contributed by atoms with Gasteiger partial charge in [0.25, 0.3) is 0 Å². The van der Waals surface area contributed by atoms with Crippen LogP contribution in [-0.4, -0.2) is 9.97 Å². The number of fused-ring (bicyclic) bond motifs is 1. The summed E-state index contributed by atoms with van der Waals surface area (Å²) >= 11 is 9.40. The van der Waals surface area contributed by atoms with Crippen molar-refractivity contribution >= 4 is 49.9 Å². The maximum atomic E-state index is 14.5. The number of anilines is 2. The highest BCUT2D eigenvalue weighted by Crippen LogP contribution is 2.33. The fraction of sp³-hybridized carbons (Fsp3) is 0. The molecule has 1 heterocycles. The molecule has 3 aromatic rings. The first-order chi connectivity index (χ1) is 10.1. The summed E-state index contributed by atoms with van der Waals surface area (Å²) in [5.41, 5.74) is 1.37. The molecule has 0 aliphatic rings. The van der Waals surface area contributed by atoms with Crippen molar-refractivity contribution in [2.24, 2.45) is 0 Å². The van der Waals surface area contributed by atoms with Gasteiger partial charge >= 0.3 is 0 Å². The van der Waals surface area contributed by atoms with E-state index in [1.165, 1.54) is 6.33 Å². The molecule has 0 fully saturated rings. The van der Waals surface area contributed by atoms with Crippen molar-refractivity contribution in [3.8, 4) is 6.07 Å². The summed E-state index contributed by atoms with van der Waals surface area (Å²) in [4.78, 5) is 6.69. The zero-order valence-corrected chi connectivity index (χ0v) is 12.8. The third-order valence-electron chi connectivity index (χ3n) is 2.97. The Balaban J connectivity index is 2.15. The number of rotatable bonds is 2. The van der Waals surface area contributed by atoms with Gasteiger partial charge in [0.2, 0.25) is 0 Å². The van der Waals surface area contributed by atoms with Crippen molar-refractivity contribution in [3.05, 3.63) is 51.5 Å². The van der Waals surface area contributed by atoms with Crippen LogP contribution in [-0.2, 0) is 0 Å². The molecule has 0 amide bonds. The molecule has 104 valence electrons. The Morgan fingerprint density at radius 2 is 2.19 bits per heavy atom. The Morgan fingerprint density at radius 1 is 1.38 bits per heavy atom. The molecule has 21 heavy (non-hydrogen) atoms. The van der Waals surface area contributed by atoms with E-state index < -0.39 is 5.82 Å². The minimum Gasteiger partial charge on any atom is -0.351 e. The summed E-state index contributed by atoms with van der Waals surface area (Å²) in [6.07, 6.45) is 1.38. The highest BCUT2D eigenvalue weighted by atomic mass is 79.9. The molecule has 0 saturated carbocycles. The first kappa shape index (κ1) is 13.9. The molecule has 0 radical (unpaired) electrons. The zero-order chi connectivity index (χ0) is 15.0. The largest absolute Gasteiger partial charge is 0.351 e. The van der Waals surface area contributed by atoms with E-state index in [0.717, 1.165) is 4.47 Å². The average molecular weight is 366 g/mol. The molecule has 0 spiro atoms. The maximum absolute atomic E-state index is 14.5. The number of imidazole rings is 1. The summed E-state index contributed by atoms with van der Waals surface area (Å²) in [6.45, 7) is 0. The summed E-state index contributed by atoms with van der Waals surface area (Å²) in [5, 5.41) is 12.5. The van der Waals surface area contributed by atoms with Crippen LogP contribution in [0.3, 0.4) is 0 Å². The molecular formula is C14H7BrClFN4. The van der Waals surface area contributed by atoms with E-state index in [-0.39, 0.29) is 16.8 Å². The van der Waals surface area contributed by atoms with Gasteiger partial charge in [-0.3, -0.25) is 0 Å². The normalized spacial score (nSPS) is 10.6. The van der Waals surface area contributed by atoms with Crippen LogP contribution in [0, 0.1) is 17.1 Å². The Morgan fingerprint density at radius 3 is 2.90 bits per heavy atom. The van der Waals surface area contributed by atoms with E-state index in [4.69, 9.17) is 11.6 Å². The predicted molar refractivity (Wildman–Crippen MR) is 83.2 cm³/mol. The van der Waals surface area contributed by atoms with Crippen molar-refractivity contribution in [1.82, 2.24) is 9.97 Å². The van der Waals surface area contributed by atoms with E-state index in [1.807, 2.05) is 6.07 Å². The summed E-state index contributed by atoms with van der Waals surface area (Å²) in [5.74, 6) is -0.593. The molecule has 0 bridgehead atoms. The number of nitrogens with one attached hydrogen (secondary N) is 2. The van der Waals surface area contributed by atoms with Crippen LogP contribution in [0.1, 0.15) is 5.56 Å². The summed E-state index contributed by atoms with van der Waals surface area (Å²) in [7, 11) is 0.